The second kappa shape index (κ2) is 8.57. The summed E-state index contributed by atoms with van der Waals surface area (Å²) in [4.78, 5) is 10.6. The highest BCUT2D eigenvalue weighted by molar-refractivity contribution is 5.73. The zero-order valence-corrected chi connectivity index (χ0v) is 11.0. The predicted octanol–water partition coefficient (Wildman–Crippen LogP) is -0.714. The number of rotatable bonds is 10. The molecule has 8 heteroatoms. The van der Waals surface area contributed by atoms with Crippen molar-refractivity contribution in [1.82, 2.24) is 15.0 Å². The topological polar surface area (TPSA) is 112 Å². The fourth-order valence-electron chi connectivity index (χ4n) is 1.42. The van der Waals surface area contributed by atoms with Crippen LogP contribution in [0, 0.1) is 0 Å². The smallest absolute Gasteiger partial charge is 0.320 e. The standard InChI is InChI=1S/C11H20N4O4/c1-18-4-2-5-19-6-3-15-8-9(13-14-15)7-10(12)11(16)17/h8,10H,2-7,12H2,1H3,(H,16,17). The number of nitrogens with two attached hydrogens (primary N) is 1. The van der Waals surface area contributed by atoms with Gasteiger partial charge in [-0.3, -0.25) is 4.79 Å². The van der Waals surface area contributed by atoms with Crippen molar-refractivity contribution in [3.05, 3.63) is 11.9 Å². The molecule has 0 aliphatic carbocycles. The highest BCUT2D eigenvalue weighted by atomic mass is 16.5. The molecule has 1 heterocycles. The van der Waals surface area contributed by atoms with Crippen LogP contribution >= 0.6 is 0 Å². The maximum Gasteiger partial charge on any atom is 0.320 e. The number of aromatic nitrogens is 3. The van der Waals surface area contributed by atoms with Crippen LogP contribution in [0.2, 0.25) is 0 Å². The van der Waals surface area contributed by atoms with Crippen LogP contribution in [-0.4, -0.2) is 59.0 Å². The summed E-state index contributed by atoms with van der Waals surface area (Å²) in [5.41, 5.74) is 5.98. The lowest BCUT2D eigenvalue weighted by Crippen LogP contribution is -2.32. The summed E-state index contributed by atoms with van der Waals surface area (Å²) in [6, 6.07) is -0.949. The Hall–Kier alpha value is -1.51. The van der Waals surface area contributed by atoms with E-state index in [9.17, 15) is 4.79 Å². The highest BCUT2D eigenvalue weighted by Crippen LogP contribution is 1.98. The van der Waals surface area contributed by atoms with Gasteiger partial charge >= 0.3 is 5.97 Å². The van der Waals surface area contributed by atoms with Gasteiger partial charge in [0.05, 0.1) is 18.8 Å². The third-order valence-electron chi connectivity index (χ3n) is 2.43. The van der Waals surface area contributed by atoms with Gasteiger partial charge in [-0.25, -0.2) is 4.68 Å². The normalized spacial score (nSPS) is 12.5. The number of carbonyl (C=O) groups is 1. The van der Waals surface area contributed by atoms with E-state index in [4.69, 9.17) is 20.3 Å². The molecule has 0 amide bonds. The molecule has 108 valence electrons. The molecule has 1 aromatic heterocycles. The number of ether oxygens (including phenoxy) is 2. The van der Waals surface area contributed by atoms with E-state index in [1.54, 1.807) is 18.0 Å². The van der Waals surface area contributed by atoms with Gasteiger partial charge in [-0.05, 0) is 6.42 Å². The number of methoxy groups -OCH3 is 1. The van der Waals surface area contributed by atoms with Crippen molar-refractivity contribution < 1.29 is 19.4 Å². The number of hydrogen-bond donors (Lipinski definition) is 2. The summed E-state index contributed by atoms with van der Waals surface area (Å²) in [6.07, 6.45) is 2.71. The number of hydrogen-bond acceptors (Lipinski definition) is 6. The quantitative estimate of drug-likeness (QED) is 0.541. The molecule has 0 saturated carbocycles. The third-order valence-corrected chi connectivity index (χ3v) is 2.43. The molecular formula is C11H20N4O4. The molecule has 19 heavy (non-hydrogen) atoms. The van der Waals surface area contributed by atoms with Crippen molar-refractivity contribution in [3.63, 3.8) is 0 Å². The first-order valence-electron chi connectivity index (χ1n) is 6.07. The summed E-state index contributed by atoms with van der Waals surface area (Å²) < 4.78 is 11.9. The summed E-state index contributed by atoms with van der Waals surface area (Å²) in [7, 11) is 1.65. The third kappa shape index (κ3) is 6.27. The van der Waals surface area contributed by atoms with E-state index < -0.39 is 12.0 Å². The van der Waals surface area contributed by atoms with E-state index >= 15 is 0 Å². The zero-order chi connectivity index (χ0) is 14.1. The molecule has 1 aromatic rings. The molecule has 0 saturated heterocycles. The minimum absolute atomic E-state index is 0.171. The largest absolute Gasteiger partial charge is 0.480 e. The maximum atomic E-state index is 10.6. The number of carboxylic acids is 1. The molecule has 0 spiro atoms. The number of aliphatic carboxylic acids is 1. The molecule has 3 N–H and O–H groups in total. The average Bonchev–Trinajstić information content (AvgIpc) is 2.81. The van der Waals surface area contributed by atoms with Crippen molar-refractivity contribution >= 4 is 5.97 Å². The van der Waals surface area contributed by atoms with Crippen molar-refractivity contribution in [2.45, 2.75) is 25.4 Å². The molecular weight excluding hydrogens is 252 g/mol. The molecule has 1 atom stereocenters. The Bertz CT molecular complexity index is 383. The van der Waals surface area contributed by atoms with Crippen LogP contribution in [0.5, 0.6) is 0 Å². The van der Waals surface area contributed by atoms with Crippen molar-refractivity contribution in [2.24, 2.45) is 5.73 Å². The number of nitrogens with zero attached hydrogens (tertiary/aromatic N) is 3. The molecule has 0 radical (unpaired) electrons. The van der Waals surface area contributed by atoms with Crippen LogP contribution in [-0.2, 0) is 27.2 Å². The van der Waals surface area contributed by atoms with Gasteiger partial charge in [0.25, 0.3) is 0 Å². The van der Waals surface area contributed by atoms with Gasteiger partial charge in [0, 0.05) is 32.9 Å². The van der Waals surface area contributed by atoms with Gasteiger partial charge in [-0.2, -0.15) is 0 Å². The second-order valence-electron chi connectivity index (χ2n) is 4.08. The molecule has 0 aliphatic heterocycles. The molecule has 1 rings (SSSR count). The van der Waals surface area contributed by atoms with Crippen LogP contribution in [0.4, 0.5) is 0 Å². The summed E-state index contributed by atoms with van der Waals surface area (Å²) in [6.45, 7) is 2.42. The van der Waals surface area contributed by atoms with Crippen LogP contribution in [0.15, 0.2) is 6.20 Å². The van der Waals surface area contributed by atoms with Crippen LogP contribution in [0.1, 0.15) is 12.1 Å². The van der Waals surface area contributed by atoms with E-state index in [2.05, 4.69) is 10.3 Å². The van der Waals surface area contributed by atoms with Gasteiger partial charge < -0.3 is 20.3 Å². The van der Waals surface area contributed by atoms with Crippen LogP contribution in [0.3, 0.4) is 0 Å². The van der Waals surface area contributed by atoms with Crippen LogP contribution in [0.25, 0.3) is 0 Å². The molecule has 0 bridgehead atoms. The highest BCUT2D eigenvalue weighted by Gasteiger charge is 2.14. The van der Waals surface area contributed by atoms with E-state index in [1.807, 2.05) is 0 Å². The van der Waals surface area contributed by atoms with E-state index in [1.165, 1.54) is 0 Å². The Morgan fingerprint density at radius 2 is 2.32 bits per heavy atom. The predicted molar refractivity (Wildman–Crippen MR) is 66.6 cm³/mol. The Kier molecular flexibility index (Phi) is 7.01. The Morgan fingerprint density at radius 1 is 1.53 bits per heavy atom. The van der Waals surface area contributed by atoms with Gasteiger partial charge in [0.2, 0.25) is 0 Å². The molecule has 8 nitrogen and oxygen atoms in total. The lowest BCUT2D eigenvalue weighted by Gasteiger charge is -2.03. The summed E-state index contributed by atoms with van der Waals surface area (Å²) in [5, 5.41) is 16.4. The monoisotopic (exact) mass is 272 g/mol. The summed E-state index contributed by atoms with van der Waals surface area (Å²) >= 11 is 0. The molecule has 1 unspecified atom stereocenters. The molecule has 0 aliphatic rings. The van der Waals surface area contributed by atoms with Gasteiger partial charge in [-0.15, -0.1) is 5.10 Å². The minimum Gasteiger partial charge on any atom is -0.480 e. The SMILES string of the molecule is COCCCOCCn1cc(CC(N)C(=O)O)nn1. The van der Waals surface area contributed by atoms with Gasteiger partial charge in [-0.1, -0.05) is 5.21 Å². The Morgan fingerprint density at radius 3 is 3.00 bits per heavy atom. The average molecular weight is 272 g/mol. The lowest BCUT2D eigenvalue weighted by atomic mass is 10.2. The second-order valence-corrected chi connectivity index (χ2v) is 4.08. The van der Waals surface area contributed by atoms with Gasteiger partial charge in [0.1, 0.15) is 6.04 Å². The van der Waals surface area contributed by atoms with Gasteiger partial charge in [0.15, 0.2) is 0 Å². The van der Waals surface area contributed by atoms with Crippen molar-refractivity contribution in [3.8, 4) is 0 Å². The maximum absolute atomic E-state index is 10.6. The first-order valence-corrected chi connectivity index (χ1v) is 6.07. The first kappa shape index (κ1) is 15.5. The fraction of sp³-hybridized carbons (Fsp3) is 0.727. The minimum atomic E-state index is -1.05. The van der Waals surface area contributed by atoms with E-state index in [-0.39, 0.29) is 6.42 Å². The van der Waals surface area contributed by atoms with Crippen LogP contribution < -0.4 is 5.73 Å². The summed E-state index contributed by atoms with van der Waals surface area (Å²) in [5.74, 6) is -1.05. The fourth-order valence-corrected chi connectivity index (χ4v) is 1.42. The van der Waals surface area contributed by atoms with E-state index in [0.29, 0.717) is 32.1 Å². The molecule has 0 aromatic carbocycles. The first-order chi connectivity index (χ1) is 9.13. The Balaban J connectivity index is 2.21. The molecule has 0 fully saturated rings. The Labute approximate surface area is 111 Å². The number of carboxylic acid groups (broad SMARTS) is 1. The zero-order valence-electron chi connectivity index (χ0n) is 11.0. The van der Waals surface area contributed by atoms with Crippen molar-refractivity contribution in [1.29, 1.82) is 0 Å². The van der Waals surface area contributed by atoms with E-state index in [0.717, 1.165) is 6.42 Å². The van der Waals surface area contributed by atoms with Crippen molar-refractivity contribution in [2.75, 3.05) is 26.9 Å². The lowest BCUT2D eigenvalue weighted by molar-refractivity contribution is -0.138.